The van der Waals surface area contributed by atoms with Gasteiger partial charge in [0.1, 0.15) is 5.49 Å². The Labute approximate surface area is 123 Å². The van der Waals surface area contributed by atoms with E-state index in [4.69, 9.17) is 11.6 Å². The van der Waals surface area contributed by atoms with Crippen LogP contribution in [0.3, 0.4) is 0 Å². The Kier molecular flexibility index (Phi) is 4.74. The first kappa shape index (κ1) is 14.5. The Bertz CT molecular complexity index is 674. The quantitative estimate of drug-likeness (QED) is 0.853. The Morgan fingerprint density at radius 1 is 1.20 bits per heavy atom. The average Bonchev–Trinajstić information content (AvgIpc) is 2.41. The summed E-state index contributed by atoms with van der Waals surface area (Å²) in [6, 6.07) is 13.1. The van der Waals surface area contributed by atoms with Gasteiger partial charge in [0, 0.05) is 17.3 Å². The van der Waals surface area contributed by atoms with Gasteiger partial charge in [-0.2, -0.15) is 0 Å². The van der Waals surface area contributed by atoms with E-state index in [2.05, 4.69) is 4.99 Å². The van der Waals surface area contributed by atoms with Crippen LogP contribution in [0.1, 0.15) is 24.2 Å². The van der Waals surface area contributed by atoms with Gasteiger partial charge in [0.2, 0.25) is 5.91 Å². The third kappa shape index (κ3) is 3.58. The summed E-state index contributed by atoms with van der Waals surface area (Å²) >= 11 is 6.09. The number of nitrogens with zero attached hydrogens (tertiary/aromatic N) is 2. The fourth-order valence-electron chi connectivity index (χ4n) is 1.90. The number of pyridine rings is 1. The normalized spacial score (nSPS) is 11.9. The maximum Gasteiger partial charge on any atom is 0.236 e. The molecule has 0 fully saturated rings. The summed E-state index contributed by atoms with van der Waals surface area (Å²) in [6.45, 7) is 3.96. The van der Waals surface area contributed by atoms with Crippen molar-refractivity contribution in [3.8, 4) is 0 Å². The molecule has 4 heteroatoms. The zero-order valence-corrected chi connectivity index (χ0v) is 12.3. The van der Waals surface area contributed by atoms with Crippen molar-refractivity contribution in [2.24, 2.45) is 4.99 Å². The number of carbonyl (C=O) groups excluding carboxylic acids is 1. The van der Waals surface area contributed by atoms with Crippen molar-refractivity contribution in [2.45, 2.75) is 26.3 Å². The Morgan fingerprint density at radius 3 is 2.60 bits per heavy atom. The lowest BCUT2D eigenvalue weighted by atomic mass is 10.1. The van der Waals surface area contributed by atoms with Gasteiger partial charge < -0.3 is 0 Å². The van der Waals surface area contributed by atoms with Crippen molar-refractivity contribution in [1.82, 2.24) is 4.57 Å². The summed E-state index contributed by atoms with van der Waals surface area (Å²) < 4.78 is 1.57. The molecule has 0 aliphatic rings. The first-order valence-corrected chi connectivity index (χ1v) is 6.94. The summed E-state index contributed by atoms with van der Waals surface area (Å²) in [5.41, 5.74) is 1.49. The van der Waals surface area contributed by atoms with Gasteiger partial charge in [0.05, 0.1) is 6.42 Å². The second kappa shape index (κ2) is 6.53. The van der Waals surface area contributed by atoms with Gasteiger partial charge in [0.15, 0.2) is 0 Å². The second-order valence-electron chi connectivity index (χ2n) is 4.81. The van der Waals surface area contributed by atoms with Crippen LogP contribution >= 0.6 is 11.6 Å². The fourth-order valence-corrected chi connectivity index (χ4v) is 2.11. The molecule has 2 aromatic rings. The van der Waals surface area contributed by atoms with E-state index in [0.717, 1.165) is 5.56 Å². The molecule has 0 radical (unpaired) electrons. The largest absolute Gasteiger partial charge is 0.274 e. The van der Waals surface area contributed by atoms with Crippen LogP contribution in [-0.2, 0) is 6.42 Å². The maximum absolute atomic E-state index is 12.4. The average molecular weight is 289 g/mol. The van der Waals surface area contributed by atoms with Crippen molar-refractivity contribution in [1.29, 1.82) is 0 Å². The lowest BCUT2D eigenvalue weighted by molar-refractivity contribution is 0.0908. The molecular formula is C16H17ClN2O. The molecule has 2 rings (SSSR count). The van der Waals surface area contributed by atoms with Crippen molar-refractivity contribution in [3.05, 3.63) is 64.7 Å². The minimum absolute atomic E-state index is 0.0434. The summed E-state index contributed by atoms with van der Waals surface area (Å²) in [4.78, 5) is 16.9. The molecule has 0 aliphatic heterocycles. The predicted molar refractivity (Wildman–Crippen MR) is 80.9 cm³/mol. The molecule has 0 amide bonds. The molecule has 1 heterocycles. The minimum atomic E-state index is -0.0434. The summed E-state index contributed by atoms with van der Waals surface area (Å²) in [5.74, 6) is -0.0434. The van der Waals surface area contributed by atoms with E-state index < -0.39 is 0 Å². The molecule has 0 saturated heterocycles. The number of carbonyl (C=O) groups is 1. The van der Waals surface area contributed by atoms with E-state index >= 15 is 0 Å². The topological polar surface area (TPSA) is 34.4 Å². The molecular weight excluding hydrogens is 272 g/mol. The van der Waals surface area contributed by atoms with Gasteiger partial charge in [0.25, 0.3) is 0 Å². The highest BCUT2D eigenvalue weighted by molar-refractivity contribution is 6.31. The molecule has 0 saturated carbocycles. The van der Waals surface area contributed by atoms with Crippen LogP contribution in [0.25, 0.3) is 0 Å². The number of rotatable bonds is 3. The molecule has 0 spiro atoms. The van der Waals surface area contributed by atoms with Crippen molar-refractivity contribution >= 4 is 17.5 Å². The molecule has 3 nitrogen and oxygen atoms in total. The Balaban J connectivity index is 2.33. The van der Waals surface area contributed by atoms with Crippen LogP contribution in [0, 0.1) is 0 Å². The summed E-state index contributed by atoms with van der Waals surface area (Å²) in [7, 11) is 0. The highest BCUT2D eigenvalue weighted by atomic mass is 35.5. The van der Waals surface area contributed by atoms with Crippen LogP contribution in [0.15, 0.2) is 53.7 Å². The van der Waals surface area contributed by atoms with Gasteiger partial charge in [-0.15, -0.1) is 0 Å². The third-order valence-electron chi connectivity index (χ3n) is 2.80. The van der Waals surface area contributed by atoms with E-state index in [0.29, 0.717) is 10.5 Å². The fraction of sp³-hybridized carbons (Fsp3) is 0.250. The van der Waals surface area contributed by atoms with Crippen LogP contribution in [-0.4, -0.2) is 16.5 Å². The van der Waals surface area contributed by atoms with Gasteiger partial charge in [-0.25, -0.2) is 0 Å². The Morgan fingerprint density at radius 2 is 1.90 bits per heavy atom. The van der Waals surface area contributed by atoms with Crippen molar-refractivity contribution < 1.29 is 4.79 Å². The summed E-state index contributed by atoms with van der Waals surface area (Å²) in [5, 5.41) is 0.611. The zero-order valence-electron chi connectivity index (χ0n) is 11.6. The molecule has 0 atom stereocenters. The predicted octanol–water partition coefficient (Wildman–Crippen LogP) is 3.33. The van der Waals surface area contributed by atoms with E-state index in [-0.39, 0.29) is 18.4 Å². The van der Waals surface area contributed by atoms with Crippen LogP contribution < -0.4 is 5.49 Å². The molecule has 104 valence electrons. The molecule has 0 unspecified atom stereocenters. The van der Waals surface area contributed by atoms with E-state index in [1.165, 1.54) is 0 Å². The van der Waals surface area contributed by atoms with E-state index in [1.54, 1.807) is 16.8 Å². The number of hydrogen-bond donors (Lipinski definition) is 0. The number of aromatic nitrogens is 1. The van der Waals surface area contributed by atoms with E-state index in [1.807, 2.05) is 50.2 Å². The van der Waals surface area contributed by atoms with Gasteiger partial charge in [-0.05, 0) is 37.6 Å². The van der Waals surface area contributed by atoms with Crippen LogP contribution in [0.4, 0.5) is 0 Å². The summed E-state index contributed by atoms with van der Waals surface area (Å²) in [6.07, 6.45) is 2.00. The second-order valence-corrected chi connectivity index (χ2v) is 5.22. The molecule has 0 aliphatic carbocycles. The SMILES string of the molecule is CC(C)N=c1ccccn1C(=O)Cc1ccccc1Cl. The highest BCUT2D eigenvalue weighted by Gasteiger charge is 2.09. The third-order valence-corrected chi connectivity index (χ3v) is 3.17. The van der Waals surface area contributed by atoms with Crippen molar-refractivity contribution in [3.63, 3.8) is 0 Å². The highest BCUT2D eigenvalue weighted by Crippen LogP contribution is 2.15. The Hall–Kier alpha value is -1.87. The smallest absolute Gasteiger partial charge is 0.236 e. The van der Waals surface area contributed by atoms with Gasteiger partial charge in [-0.1, -0.05) is 35.9 Å². The van der Waals surface area contributed by atoms with Crippen LogP contribution in [0.2, 0.25) is 5.02 Å². The number of halogens is 1. The van der Waals surface area contributed by atoms with Gasteiger partial charge >= 0.3 is 0 Å². The molecule has 20 heavy (non-hydrogen) atoms. The maximum atomic E-state index is 12.4. The van der Waals surface area contributed by atoms with Crippen LogP contribution in [0.5, 0.6) is 0 Å². The lowest BCUT2D eigenvalue weighted by Gasteiger charge is -2.08. The molecule has 0 bridgehead atoms. The number of benzene rings is 1. The van der Waals surface area contributed by atoms with Crippen molar-refractivity contribution in [2.75, 3.05) is 0 Å². The first-order valence-electron chi connectivity index (χ1n) is 6.56. The molecule has 1 aromatic carbocycles. The van der Waals surface area contributed by atoms with E-state index in [9.17, 15) is 4.79 Å². The monoisotopic (exact) mass is 288 g/mol. The first-order chi connectivity index (χ1) is 9.58. The van der Waals surface area contributed by atoms with Gasteiger partial charge in [-0.3, -0.25) is 14.4 Å². The standard InChI is InChI=1S/C16H17ClN2O/c1-12(2)18-15-9-5-6-10-19(15)16(20)11-13-7-3-4-8-14(13)17/h3-10,12H,11H2,1-2H3. The molecule has 1 aromatic heterocycles. The molecule has 0 N–H and O–H groups in total. The number of hydrogen-bond acceptors (Lipinski definition) is 2. The lowest BCUT2D eigenvalue weighted by Crippen LogP contribution is -2.28. The zero-order chi connectivity index (χ0) is 14.5. The minimum Gasteiger partial charge on any atom is -0.274 e.